The highest BCUT2D eigenvalue weighted by Crippen LogP contribution is 2.17. The lowest BCUT2D eigenvalue weighted by molar-refractivity contribution is -0.115. The molecule has 2 aromatic rings. The Kier molecular flexibility index (Phi) is 4.16. The van der Waals surface area contributed by atoms with Gasteiger partial charge in [-0.3, -0.25) is 4.79 Å². The van der Waals surface area contributed by atoms with E-state index in [4.69, 9.17) is 5.11 Å². The molecule has 3 nitrogen and oxygen atoms in total. The van der Waals surface area contributed by atoms with Crippen LogP contribution in [0, 0.1) is 5.82 Å². The second kappa shape index (κ2) is 5.84. The van der Waals surface area contributed by atoms with Gasteiger partial charge >= 0.3 is 0 Å². The number of aromatic hydroxyl groups is 1. The van der Waals surface area contributed by atoms with E-state index in [9.17, 15) is 9.18 Å². The fourth-order valence-electron chi connectivity index (χ4n) is 1.60. The molecule has 19 heavy (non-hydrogen) atoms. The maximum absolute atomic E-state index is 13.5. The molecule has 0 bridgehead atoms. The van der Waals surface area contributed by atoms with Crippen molar-refractivity contribution < 1.29 is 14.3 Å². The van der Waals surface area contributed by atoms with Crippen molar-refractivity contribution in [3.05, 3.63) is 58.3 Å². The lowest BCUT2D eigenvalue weighted by Crippen LogP contribution is -2.15. The molecule has 2 rings (SSSR count). The third-order valence-corrected chi connectivity index (χ3v) is 3.00. The van der Waals surface area contributed by atoms with Crippen molar-refractivity contribution in [3.8, 4) is 5.75 Å². The summed E-state index contributed by atoms with van der Waals surface area (Å²) in [6.45, 7) is 0. The molecular weight excluding hydrogens is 313 g/mol. The number of rotatable bonds is 3. The van der Waals surface area contributed by atoms with Gasteiger partial charge in [-0.15, -0.1) is 0 Å². The smallest absolute Gasteiger partial charge is 0.228 e. The van der Waals surface area contributed by atoms with Gasteiger partial charge in [-0.25, -0.2) is 4.39 Å². The van der Waals surface area contributed by atoms with Gasteiger partial charge in [0.25, 0.3) is 0 Å². The number of anilines is 1. The van der Waals surface area contributed by atoms with Crippen LogP contribution in [-0.4, -0.2) is 11.0 Å². The molecular formula is C14H11BrFNO2. The second-order valence-electron chi connectivity index (χ2n) is 4.01. The zero-order valence-electron chi connectivity index (χ0n) is 9.86. The summed E-state index contributed by atoms with van der Waals surface area (Å²) < 4.78 is 14.2. The molecule has 0 aliphatic heterocycles. The summed E-state index contributed by atoms with van der Waals surface area (Å²) in [4.78, 5) is 11.8. The van der Waals surface area contributed by atoms with Crippen molar-refractivity contribution in [3.63, 3.8) is 0 Å². The second-order valence-corrected chi connectivity index (χ2v) is 4.92. The fraction of sp³-hybridized carbons (Fsp3) is 0.0714. The van der Waals surface area contributed by atoms with Crippen LogP contribution in [0.5, 0.6) is 5.75 Å². The van der Waals surface area contributed by atoms with Crippen LogP contribution in [0.15, 0.2) is 46.9 Å². The number of carbonyl (C=O) groups is 1. The maximum Gasteiger partial charge on any atom is 0.228 e. The number of phenols is 1. The van der Waals surface area contributed by atoms with Crippen molar-refractivity contribution in [2.75, 3.05) is 5.32 Å². The summed E-state index contributed by atoms with van der Waals surface area (Å²) in [6.07, 6.45) is -0.0495. The quantitative estimate of drug-likeness (QED) is 0.850. The predicted molar refractivity (Wildman–Crippen MR) is 74.5 cm³/mol. The molecule has 2 aromatic carbocycles. The SMILES string of the molecule is O=C(Cc1cc(Br)ccc1F)Nc1ccc(O)cc1. The topological polar surface area (TPSA) is 49.3 Å². The van der Waals surface area contributed by atoms with Crippen molar-refractivity contribution in [2.24, 2.45) is 0 Å². The van der Waals surface area contributed by atoms with E-state index in [-0.39, 0.29) is 18.1 Å². The standard InChI is InChI=1S/C14H11BrFNO2/c15-10-1-6-13(16)9(7-10)8-14(19)17-11-2-4-12(18)5-3-11/h1-7,18H,8H2,(H,17,19). The molecule has 2 N–H and O–H groups in total. The van der Waals surface area contributed by atoms with E-state index >= 15 is 0 Å². The molecule has 0 atom stereocenters. The molecule has 0 spiro atoms. The number of carbonyl (C=O) groups excluding carboxylic acids is 1. The lowest BCUT2D eigenvalue weighted by atomic mass is 10.1. The Morgan fingerprint density at radius 2 is 1.89 bits per heavy atom. The number of hydrogen-bond donors (Lipinski definition) is 2. The molecule has 0 fully saturated rings. The van der Waals surface area contributed by atoms with E-state index in [2.05, 4.69) is 21.2 Å². The van der Waals surface area contributed by atoms with Crippen LogP contribution >= 0.6 is 15.9 Å². The number of benzene rings is 2. The third-order valence-electron chi connectivity index (χ3n) is 2.51. The van der Waals surface area contributed by atoms with Crippen molar-refractivity contribution in [2.45, 2.75) is 6.42 Å². The zero-order valence-corrected chi connectivity index (χ0v) is 11.4. The number of hydrogen-bond acceptors (Lipinski definition) is 2. The minimum Gasteiger partial charge on any atom is -0.508 e. The monoisotopic (exact) mass is 323 g/mol. The molecule has 0 aliphatic carbocycles. The zero-order chi connectivity index (χ0) is 13.8. The number of nitrogens with one attached hydrogen (secondary N) is 1. The first-order chi connectivity index (χ1) is 9.04. The van der Waals surface area contributed by atoms with Crippen LogP contribution in [0.2, 0.25) is 0 Å². The van der Waals surface area contributed by atoms with Crippen LogP contribution in [0.25, 0.3) is 0 Å². The minimum absolute atomic E-state index is 0.0495. The molecule has 98 valence electrons. The summed E-state index contributed by atoms with van der Waals surface area (Å²) in [6, 6.07) is 10.6. The van der Waals surface area contributed by atoms with Crippen LogP contribution in [0.3, 0.4) is 0 Å². The molecule has 0 aromatic heterocycles. The number of amides is 1. The third kappa shape index (κ3) is 3.79. The summed E-state index contributed by atoms with van der Waals surface area (Å²) in [5.74, 6) is -0.609. The number of phenolic OH excluding ortho intramolecular Hbond substituents is 1. The van der Waals surface area contributed by atoms with E-state index in [1.54, 1.807) is 24.3 Å². The van der Waals surface area contributed by atoms with Crippen molar-refractivity contribution in [1.29, 1.82) is 0 Å². The minimum atomic E-state index is -0.413. The van der Waals surface area contributed by atoms with Gasteiger partial charge < -0.3 is 10.4 Å². The van der Waals surface area contributed by atoms with E-state index in [0.717, 1.165) is 4.47 Å². The molecule has 0 radical (unpaired) electrons. The van der Waals surface area contributed by atoms with Gasteiger partial charge in [0.2, 0.25) is 5.91 Å². The summed E-state index contributed by atoms with van der Waals surface area (Å²) in [5, 5.41) is 11.8. The van der Waals surface area contributed by atoms with Crippen molar-refractivity contribution in [1.82, 2.24) is 0 Å². The maximum atomic E-state index is 13.5. The summed E-state index contributed by atoms with van der Waals surface area (Å²) in [7, 11) is 0. The van der Waals surface area contributed by atoms with Gasteiger partial charge in [0.15, 0.2) is 0 Å². The molecule has 0 saturated carbocycles. The van der Waals surface area contributed by atoms with Crippen LogP contribution in [0.1, 0.15) is 5.56 Å². The van der Waals surface area contributed by atoms with Gasteiger partial charge in [0, 0.05) is 10.2 Å². The molecule has 0 unspecified atom stereocenters. The molecule has 0 aliphatic rings. The van der Waals surface area contributed by atoms with Gasteiger partial charge in [0.05, 0.1) is 6.42 Å². The number of halogens is 2. The Morgan fingerprint density at radius 1 is 1.21 bits per heavy atom. The Balaban J connectivity index is 2.05. The lowest BCUT2D eigenvalue weighted by Gasteiger charge is -2.06. The largest absolute Gasteiger partial charge is 0.508 e. The highest BCUT2D eigenvalue weighted by atomic mass is 79.9. The first-order valence-electron chi connectivity index (χ1n) is 5.57. The predicted octanol–water partition coefficient (Wildman–Crippen LogP) is 3.48. The van der Waals surface area contributed by atoms with Gasteiger partial charge in [0.1, 0.15) is 11.6 Å². The van der Waals surface area contributed by atoms with Gasteiger partial charge in [-0.2, -0.15) is 0 Å². The van der Waals surface area contributed by atoms with Gasteiger partial charge in [-0.05, 0) is 48.0 Å². The fourth-order valence-corrected chi connectivity index (χ4v) is 2.01. The average Bonchev–Trinajstić information content (AvgIpc) is 2.37. The van der Waals surface area contributed by atoms with Crippen LogP contribution in [-0.2, 0) is 11.2 Å². The highest BCUT2D eigenvalue weighted by Gasteiger charge is 2.09. The molecule has 0 heterocycles. The summed E-state index contributed by atoms with van der Waals surface area (Å²) >= 11 is 3.23. The van der Waals surface area contributed by atoms with Crippen LogP contribution < -0.4 is 5.32 Å². The molecule has 5 heteroatoms. The Hall–Kier alpha value is -1.88. The van der Waals surface area contributed by atoms with Gasteiger partial charge in [-0.1, -0.05) is 15.9 Å². The van der Waals surface area contributed by atoms with Crippen LogP contribution in [0.4, 0.5) is 10.1 Å². The average molecular weight is 324 g/mol. The molecule has 0 saturated heterocycles. The highest BCUT2D eigenvalue weighted by molar-refractivity contribution is 9.10. The Labute approximate surface area is 118 Å². The van der Waals surface area contributed by atoms with E-state index < -0.39 is 5.82 Å². The van der Waals surface area contributed by atoms with Crippen molar-refractivity contribution >= 4 is 27.5 Å². The Bertz CT molecular complexity index is 599. The normalized spacial score (nSPS) is 10.2. The Morgan fingerprint density at radius 3 is 2.58 bits per heavy atom. The van der Waals surface area contributed by atoms with E-state index in [1.807, 2.05) is 0 Å². The first kappa shape index (κ1) is 13.5. The first-order valence-corrected chi connectivity index (χ1v) is 6.37. The summed E-state index contributed by atoms with van der Waals surface area (Å²) in [5.41, 5.74) is 0.879. The van der Waals surface area contributed by atoms with E-state index in [1.165, 1.54) is 18.2 Å². The molecule has 1 amide bonds. The van der Waals surface area contributed by atoms with E-state index in [0.29, 0.717) is 11.3 Å².